The number of halogens is 2. The van der Waals surface area contributed by atoms with E-state index in [1.165, 1.54) is 5.69 Å². The van der Waals surface area contributed by atoms with Crippen LogP contribution in [0.3, 0.4) is 0 Å². The highest BCUT2D eigenvalue weighted by Crippen LogP contribution is 2.28. The molecule has 1 unspecified atom stereocenters. The highest BCUT2D eigenvalue weighted by molar-refractivity contribution is 14.0. The summed E-state index contributed by atoms with van der Waals surface area (Å²) in [6.07, 6.45) is 1.02. The Morgan fingerprint density at radius 1 is 1.33 bits per heavy atom. The van der Waals surface area contributed by atoms with Gasteiger partial charge in [0, 0.05) is 36.7 Å². The van der Waals surface area contributed by atoms with Gasteiger partial charge >= 0.3 is 0 Å². The van der Waals surface area contributed by atoms with Crippen molar-refractivity contribution in [1.29, 1.82) is 0 Å². The number of rotatable bonds is 8. The van der Waals surface area contributed by atoms with Gasteiger partial charge in [-0.25, -0.2) is 13.1 Å². The van der Waals surface area contributed by atoms with Gasteiger partial charge in [0.25, 0.3) is 0 Å². The van der Waals surface area contributed by atoms with Crippen LogP contribution < -0.4 is 20.3 Å². The molecule has 0 amide bonds. The normalized spacial score (nSPS) is 17.5. The number of benzene rings is 1. The van der Waals surface area contributed by atoms with E-state index in [2.05, 4.69) is 53.3 Å². The summed E-state index contributed by atoms with van der Waals surface area (Å²) in [6, 6.07) is 8.53. The van der Waals surface area contributed by atoms with Crippen LogP contribution in [-0.2, 0) is 10.0 Å². The Bertz CT molecular complexity index is 717. The first-order valence-electron chi connectivity index (χ1n) is 8.96. The minimum absolute atomic E-state index is 0. The number of anilines is 1. The number of sulfonamides is 1. The van der Waals surface area contributed by atoms with Crippen LogP contribution in [0, 0.1) is 0 Å². The molecular weight excluding hydrogens is 545 g/mol. The molecule has 1 aromatic rings. The molecule has 1 aliphatic heterocycles. The lowest BCUT2D eigenvalue weighted by atomic mass is 10.3. The van der Waals surface area contributed by atoms with Crippen LogP contribution in [0.15, 0.2) is 33.7 Å². The van der Waals surface area contributed by atoms with Gasteiger partial charge in [0.15, 0.2) is 5.96 Å². The topological polar surface area (TPSA) is 85.8 Å². The molecule has 0 radical (unpaired) electrons. The fraction of sp³-hybridized carbons (Fsp3) is 0.588. The SMILES string of the molecule is CCNC(=NCCNS(=O)(=O)CC)NC1CCN(c2ccccc2Br)C1.I. The van der Waals surface area contributed by atoms with Gasteiger partial charge in [-0.05, 0) is 48.3 Å². The second-order valence-corrected chi connectivity index (χ2v) is 9.04. The standard InChI is InChI=1S/C17H28BrN5O2S.HI/c1-3-19-17(20-10-11-21-26(24,25)4-2)22-14-9-12-23(13-14)16-8-6-5-7-15(16)18;/h5-8,14,21H,3-4,9-13H2,1-2H3,(H2,19,20,22);1H. The molecule has 1 saturated heterocycles. The van der Waals surface area contributed by atoms with Gasteiger partial charge in [0.05, 0.1) is 18.0 Å². The van der Waals surface area contributed by atoms with Gasteiger partial charge in [0.1, 0.15) is 0 Å². The summed E-state index contributed by atoms with van der Waals surface area (Å²) >= 11 is 3.61. The van der Waals surface area contributed by atoms with Crippen molar-refractivity contribution < 1.29 is 8.42 Å². The molecule has 27 heavy (non-hydrogen) atoms. The number of aliphatic imine (C=N–C) groups is 1. The largest absolute Gasteiger partial charge is 0.368 e. The fourth-order valence-corrected chi connectivity index (χ4v) is 3.93. The molecule has 0 bridgehead atoms. The second kappa shape index (κ2) is 12.1. The molecule has 3 N–H and O–H groups in total. The van der Waals surface area contributed by atoms with E-state index in [0.717, 1.165) is 36.5 Å². The summed E-state index contributed by atoms with van der Waals surface area (Å²) in [5.74, 6) is 0.810. The average molecular weight is 574 g/mol. The van der Waals surface area contributed by atoms with Crippen molar-refractivity contribution in [3.63, 3.8) is 0 Å². The first-order valence-corrected chi connectivity index (χ1v) is 11.4. The minimum Gasteiger partial charge on any atom is -0.368 e. The zero-order valence-electron chi connectivity index (χ0n) is 15.7. The van der Waals surface area contributed by atoms with Gasteiger partial charge in [-0.3, -0.25) is 4.99 Å². The first-order chi connectivity index (χ1) is 12.4. The fourth-order valence-electron chi connectivity index (χ4n) is 2.79. The number of hydrogen-bond acceptors (Lipinski definition) is 4. The summed E-state index contributed by atoms with van der Waals surface area (Å²) in [5.41, 5.74) is 1.20. The molecule has 0 spiro atoms. The maximum atomic E-state index is 11.4. The maximum absolute atomic E-state index is 11.4. The zero-order chi connectivity index (χ0) is 19.0. The van der Waals surface area contributed by atoms with Crippen molar-refractivity contribution in [3.8, 4) is 0 Å². The van der Waals surface area contributed by atoms with E-state index in [4.69, 9.17) is 0 Å². The summed E-state index contributed by atoms with van der Waals surface area (Å²) in [5, 5.41) is 6.67. The van der Waals surface area contributed by atoms with Gasteiger partial charge in [-0.15, -0.1) is 24.0 Å². The molecule has 154 valence electrons. The molecule has 10 heteroatoms. The Labute approximate surface area is 188 Å². The molecule has 7 nitrogen and oxygen atoms in total. The van der Waals surface area contributed by atoms with Crippen molar-refractivity contribution >= 4 is 61.6 Å². The molecular formula is C17H29BrIN5O2S. The molecule has 1 heterocycles. The smallest absolute Gasteiger partial charge is 0.211 e. The average Bonchev–Trinajstić information content (AvgIpc) is 3.07. The van der Waals surface area contributed by atoms with E-state index in [0.29, 0.717) is 19.1 Å². The molecule has 0 saturated carbocycles. The quantitative estimate of drug-likeness (QED) is 0.192. The van der Waals surface area contributed by atoms with Gasteiger partial charge < -0.3 is 15.5 Å². The predicted molar refractivity (Wildman–Crippen MR) is 127 cm³/mol. The zero-order valence-corrected chi connectivity index (χ0v) is 20.5. The lowest BCUT2D eigenvalue weighted by molar-refractivity contribution is 0.583. The number of nitrogens with zero attached hydrogens (tertiary/aromatic N) is 2. The second-order valence-electron chi connectivity index (χ2n) is 6.09. The van der Waals surface area contributed by atoms with Crippen LogP contribution in [0.5, 0.6) is 0 Å². The Morgan fingerprint density at radius 3 is 2.74 bits per heavy atom. The predicted octanol–water partition coefficient (Wildman–Crippen LogP) is 2.14. The molecule has 1 atom stereocenters. The number of para-hydroxylation sites is 1. The molecule has 1 aliphatic rings. The number of nitrogens with one attached hydrogen (secondary N) is 3. The van der Waals surface area contributed by atoms with Crippen LogP contribution in [0.1, 0.15) is 20.3 Å². The summed E-state index contributed by atoms with van der Waals surface area (Å²) in [7, 11) is -3.17. The van der Waals surface area contributed by atoms with Crippen molar-refractivity contribution in [2.75, 3.05) is 43.4 Å². The van der Waals surface area contributed by atoms with Crippen molar-refractivity contribution in [1.82, 2.24) is 15.4 Å². The van der Waals surface area contributed by atoms with Crippen LogP contribution in [0.4, 0.5) is 5.69 Å². The van der Waals surface area contributed by atoms with E-state index in [1.807, 2.05) is 19.1 Å². The van der Waals surface area contributed by atoms with Crippen LogP contribution >= 0.6 is 39.9 Å². The number of guanidine groups is 1. The Balaban J connectivity index is 0.00000364. The monoisotopic (exact) mass is 573 g/mol. The minimum atomic E-state index is -3.17. The lowest BCUT2D eigenvalue weighted by Crippen LogP contribution is -2.45. The van der Waals surface area contributed by atoms with E-state index >= 15 is 0 Å². The molecule has 0 aliphatic carbocycles. The molecule has 0 aromatic heterocycles. The van der Waals surface area contributed by atoms with E-state index < -0.39 is 10.0 Å². The molecule has 1 aromatic carbocycles. The summed E-state index contributed by atoms with van der Waals surface area (Å²) in [4.78, 5) is 6.82. The third kappa shape index (κ3) is 8.12. The number of hydrogen-bond donors (Lipinski definition) is 3. The summed E-state index contributed by atoms with van der Waals surface area (Å²) < 4.78 is 26.5. The van der Waals surface area contributed by atoms with Crippen LogP contribution in [0.2, 0.25) is 0 Å². The first kappa shape index (κ1) is 24.4. The summed E-state index contributed by atoms with van der Waals surface area (Å²) in [6.45, 7) is 6.97. The molecule has 1 fully saturated rings. The van der Waals surface area contributed by atoms with Gasteiger partial charge in [-0.2, -0.15) is 0 Å². The highest BCUT2D eigenvalue weighted by atomic mass is 127. The lowest BCUT2D eigenvalue weighted by Gasteiger charge is -2.21. The van der Waals surface area contributed by atoms with Gasteiger partial charge in [0.2, 0.25) is 10.0 Å². The van der Waals surface area contributed by atoms with Crippen molar-refractivity contribution in [3.05, 3.63) is 28.7 Å². The molecule has 2 rings (SSSR count). The van der Waals surface area contributed by atoms with Crippen molar-refractivity contribution in [2.45, 2.75) is 26.3 Å². The van der Waals surface area contributed by atoms with E-state index in [1.54, 1.807) is 6.92 Å². The Kier molecular flexibility index (Phi) is 10.9. The third-order valence-electron chi connectivity index (χ3n) is 4.15. The van der Waals surface area contributed by atoms with Crippen LogP contribution in [-0.4, -0.2) is 58.9 Å². The van der Waals surface area contributed by atoms with Gasteiger partial charge in [-0.1, -0.05) is 12.1 Å². The van der Waals surface area contributed by atoms with Crippen LogP contribution in [0.25, 0.3) is 0 Å². The van der Waals surface area contributed by atoms with E-state index in [-0.39, 0.29) is 29.7 Å². The third-order valence-corrected chi connectivity index (χ3v) is 6.22. The highest BCUT2D eigenvalue weighted by Gasteiger charge is 2.24. The van der Waals surface area contributed by atoms with E-state index in [9.17, 15) is 8.42 Å². The Morgan fingerprint density at radius 2 is 2.07 bits per heavy atom. The Hall–Kier alpha value is -0.590. The van der Waals surface area contributed by atoms with Crippen molar-refractivity contribution in [2.24, 2.45) is 4.99 Å². The maximum Gasteiger partial charge on any atom is 0.211 e.